The number of aliphatic hydroxyl groups is 1. The third-order valence-corrected chi connectivity index (χ3v) is 1.70. The van der Waals surface area contributed by atoms with Gasteiger partial charge in [0, 0.05) is 0 Å². The van der Waals surface area contributed by atoms with E-state index in [0.717, 1.165) is 0 Å². The number of halogens is 1. The van der Waals surface area contributed by atoms with E-state index < -0.39 is 12.2 Å². The first-order valence-corrected chi connectivity index (χ1v) is 3.55. The van der Waals surface area contributed by atoms with Gasteiger partial charge in [-0.15, -0.1) is 0 Å². The van der Waals surface area contributed by atoms with Gasteiger partial charge in [-0.25, -0.2) is 9.79 Å². The van der Waals surface area contributed by atoms with Crippen molar-refractivity contribution in [2.45, 2.75) is 6.17 Å². The second-order valence-corrected chi connectivity index (χ2v) is 2.67. The Kier molecular flexibility index (Phi) is 1.37. The number of nitrogens with zero attached hydrogens (tertiary/aromatic N) is 1. The summed E-state index contributed by atoms with van der Waals surface area (Å²) in [6, 6.07) is -0.502. The maximum absolute atomic E-state index is 10.8. The highest BCUT2D eigenvalue weighted by atomic mass is 35.5. The fourth-order valence-electron chi connectivity index (χ4n) is 1.02. The SMILES string of the molecule is O=C1NC(O)=C2NC(Cl)=NC2N1. The van der Waals surface area contributed by atoms with E-state index in [1.165, 1.54) is 0 Å². The van der Waals surface area contributed by atoms with Crippen LogP contribution in [0.25, 0.3) is 0 Å². The lowest BCUT2D eigenvalue weighted by molar-refractivity contribution is 0.227. The summed E-state index contributed by atoms with van der Waals surface area (Å²) in [7, 11) is 0. The highest BCUT2D eigenvalue weighted by Crippen LogP contribution is 2.14. The van der Waals surface area contributed by atoms with Crippen LogP contribution in [-0.4, -0.2) is 22.6 Å². The average molecular weight is 189 g/mol. The molecule has 4 N–H and O–H groups in total. The molecule has 0 fully saturated rings. The molecule has 0 saturated carbocycles. The molecule has 2 rings (SSSR count). The number of amidine groups is 1. The van der Waals surface area contributed by atoms with Crippen LogP contribution in [-0.2, 0) is 0 Å². The van der Waals surface area contributed by atoms with Gasteiger partial charge in [-0.1, -0.05) is 0 Å². The van der Waals surface area contributed by atoms with Gasteiger partial charge < -0.3 is 15.7 Å². The highest BCUT2D eigenvalue weighted by molar-refractivity contribution is 6.65. The third kappa shape index (κ3) is 0.964. The molecule has 1 unspecified atom stereocenters. The number of carbonyl (C=O) groups is 1. The van der Waals surface area contributed by atoms with Crippen molar-refractivity contribution in [2.75, 3.05) is 0 Å². The molecular formula is C5H5ClN4O2. The van der Waals surface area contributed by atoms with E-state index in [4.69, 9.17) is 11.6 Å². The number of fused-ring (bicyclic) bond motifs is 1. The molecule has 0 aromatic heterocycles. The molecular weight excluding hydrogens is 184 g/mol. The van der Waals surface area contributed by atoms with Crippen LogP contribution in [0, 0.1) is 0 Å². The predicted molar refractivity (Wildman–Crippen MR) is 41.5 cm³/mol. The number of aliphatic imine (C=N–C) groups is 1. The molecule has 0 aromatic carbocycles. The number of nitrogens with one attached hydrogen (secondary N) is 3. The van der Waals surface area contributed by atoms with Crippen LogP contribution in [0.5, 0.6) is 0 Å². The van der Waals surface area contributed by atoms with Gasteiger partial charge in [0.15, 0.2) is 11.5 Å². The minimum absolute atomic E-state index is 0.144. The molecule has 0 bridgehead atoms. The molecule has 1 atom stereocenters. The zero-order chi connectivity index (χ0) is 8.72. The Morgan fingerprint density at radius 1 is 1.50 bits per heavy atom. The van der Waals surface area contributed by atoms with Crippen molar-refractivity contribution in [3.8, 4) is 0 Å². The fourth-order valence-corrected chi connectivity index (χ4v) is 1.22. The lowest BCUT2D eigenvalue weighted by Gasteiger charge is -2.19. The monoisotopic (exact) mass is 188 g/mol. The van der Waals surface area contributed by atoms with Crippen LogP contribution in [0.1, 0.15) is 0 Å². The highest BCUT2D eigenvalue weighted by Gasteiger charge is 2.31. The van der Waals surface area contributed by atoms with Crippen molar-refractivity contribution in [1.29, 1.82) is 0 Å². The second-order valence-electron chi connectivity index (χ2n) is 2.31. The average Bonchev–Trinajstić information content (AvgIpc) is 2.29. The number of urea groups is 1. The first-order chi connectivity index (χ1) is 5.66. The molecule has 7 heteroatoms. The Morgan fingerprint density at radius 3 is 3.00 bits per heavy atom. The van der Waals surface area contributed by atoms with Gasteiger partial charge in [0.1, 0.15) is 5.70 Å². The maximum atomic E-state index is 10.8. The molecule has 0 aromatic rings. The largest absolute Gasteiger partial charge is 0.493 e. The Morgan fingerprint density at radius 2 is 2.25 bits per heavy atom. The lowest BCUT2D eigenvalue weighted by Crippen LogP contribution is -2.48. The Hall–Kier alpha value is -1.43. The molecule has 64 valence electrons. The van der Waals surface area contributed by atoms with E-state index in [2.05, 4.69) is 20.9 Å². The Bertz CT molecular complexity index is 311. The quantitative estimate of drug-likeness (QED) is 0.389. The minimum Gasteiger partial charge on any atom is -0.493 e. The summed E-state index contributed by atoms with van der Waals surface area (Å²) in [4.78, 5) is 14.6. The fraction of sp³-hybridized carbons (Fsp3) is 0.200. The van der Waals surface area contributed by atoms with Crippen LogP contribution in [0.4, 0.5) is 4.79 Å². The summed E-state index contributed by atoms with van der Waals surface area (Å²) in [5, 5.41) is 16.5. The van der Waals surface area contributed by atoms with Crippen LogP contribution in [0.3, 0.4) is 0 Å². The molecule has 2 heterocycles. The first kappa shape index (κ1) is 7.23. The van der Waals surface area contributed by atoms with Crippen molar-refractivity contribution >= 4 is 22.9 Å². The van der Waals surface area contributed by atoms with Gasteiger partial charge in [0.05, 0.1) is 0 Å². The standard InChI is InChI=1S/C5H5ClN4O2/c6-4-7-1-2(8-4)9-5(12)10-3(1)11/h2,11H,(H,7,8)(H2,9,10,12). The molecule has 2 aliphatic rings. The lowest BCUT2D eigenvalue weighted by atomic mass is 10.3. The van der Waals surface area contributed by atoms with Gasteiger partial charge in [0.25, 0.3) is 0 Å². The number of amides is 2. The van der Waals surface area contributed by atoms with Crippen molar-refractivity contribution < 1.29 is 9.90 Å². The van der Waals surface area contributed by atoms with Crippen molar-refractivity contribution in [3.63, 3.8) is 0 Å². The minimum atomic E-state index is -0.591. The molecule has 2 aliphatic heterocycles. The van der Waals surface area contributed by atoms with Crippen molar-refractivity contribution in [1.82, 2.24) is 16.0 Å². The van der Waals surface area contributed by atoms with Crippen LogP contribution < -0.4 is 16.0 Å². The molecule has 0 spiro atoms. The molecule has 2 amide bonds. The predicted octanol–water partition coefficient (Wildman–Crippen LogP) is -0.450. The number of hydrogen-bond acceptors (Lipinski definition) is 4. The number of hydrogen-bond donors (Lipinski definition) is 4. The topological polar surface area (TPSA) is 85.8 Å². The normalized spacial score (nSPS) is 26.9. The van der Waals surface area contributed by atoms with E-state index in [9.17, 15) is 9.90 Å². The molecule has 0 radical (unpaired) electrons. The number of carbonyl (C=O) groups excluding carboxylic acids is 1. The zero-order valence-corrected chi connectivity index (χ0v) is 6.51. The van der Waals surface area contributed by atoms with E-state index in [1.54, 1.807) is 0 Å². The van der Waals surface area contributed by atoms with E-state index in [-0.39, 0.29) is 11.2 Å². The van der Waals surface area contributed by atoms with Gasteiger partial charge in [0.2, 0.25) is 5.88 Å². The van der Waals surface area contributed by atoms with E-state index in [1.807, 2.05) is 0 Å². The van der Waals surface area contributed by atoms with Crippen LogP contribution in [0.2, 0.25) is 0 Å². The number of aliphatic hydroxyl groups excluding tert-OH is 1. The number of rotatable bonds is 0. The smallest absolute Gasteiger partial charge is 0.323 e. The van der Waals surface area contributed by atoms with E-state index >= 15 is 0 Å². The maximum Gasteiger partial charge on any atom is 0.323 e. The third-order valence-electron chi connectivity index (χ3n) is 1.51. The van der Waals surface area contributed by atoms with Crippen LogP contribution in [0.15, 0.2) is 16.6 Å². The Balaban J connectivity index is 2.35. The van der Waals surface area contributed by atoms with Crippen molar-refractivity contribution in [2.24, 2.45) is 4.99 Å². The van der Waals surface area contributed by atoms with Crippen LogP contribution >= 0.6 is 11.6 Å². The van der Waals surface area contributed by atoms with Gasteiger partial charge in [-0.05, 0) is 11.6 Å². The summed E-state index contributed by atoms with van der Waals surface area (Å²) in [5.74, 6) is -0.247. The summed E-state index contributed by atoms with van der Waals surface area (Å²) < 4.78 is 0. The zero-order valence-electron chi connectivity index (χ0n) is 5.76. The molecule has 0 saturated heterocycles. The molecule has 12 heavy (non-hydrogen) atoms. The first-order valence-electron chi connectivity index (χ1n) is 3.18. The van der Waals surface area contributed by atoms with Gasteiger partial charge in [-0.2, -0.15) is 0 Å². The summed E-state index contributed by atoms with van der Waals surface area (Å²) in [6.07, 6.45) is -0.591. The Labute approximate surface area is 72.3 Å². The second kappa shape index (κ2) is 2.28. The van der Waals surface area contributed by atoms with Gasteiger partial charge in [-0.3, -0.25) is 5.32 Å². The molecule has 0 aliphatic carbocycles. The summed E-state index contributed by atoms with van der Waals surface area (Å²) in [5.41, 5.74) is 0.361. The summed E-state index contributed by atoms with van der Waals surface area (Å²) in [6.45, 7) is 0. The molecule has 6 nitrogen and oxygen atoms in total. The van der Waals surface area contributed by atoms with Gasteiger partial charge >= 0.3 is 6.03 Å². The van der Waals surface area contributed by atoms with Crippen molar-refractivity contribution in [3.05, 3.63) is 11.6 Å². The van der Waals surface area contributed by atoms with E-state index in [0.29, 0.717) is 5.70 Å². The summed E-state index contributed by atoms with van der Waals surface area (Å²) >= 11 is 5.51.